The zero-order chi connectivity index (χ0) is 20.7. The molecule has 0 saturated carbocycles. The van der Waals surface area contributed by atoms with E-state index in [4.69, 9.17) is 0 Å². The van der Waals surface area contributed by atoms with E-state index < -0.39 is 5.92 Å². The number of aromatic amines is 1. The van der Waals surface area contributed by atoms with Gasteiger partial charge in [-0.2, -0.15) is 0 Å². The van der Waals surface area contributed by atoms with Gasteiger partial charge < -0.3 is 15.2 Å². The average Bonchev–Trinajstić information content (AvgIpc) is 3.24. The SMILES string of the molecule is CN1C(=O)c2ccccc2[C@H](C(=O)Nc2ccc3cc[nH]c3c2)[C@H]1c1ccccc1. The molecule has 2 heterocycles. The predicted octanol–water partition coefficient (Wildman–Crippen LogP) is 4.72. The van der Waals surface area contributed by atoms with Gasteiger partial charge in [-0.15, -0.1) is 0 Å². The Morgan fingerprint density at radius 1 is 0.967 bits per heavy atom. The molecule has 1 aliphatic heterocycles. The number of likely N-dealkylation sites (N-methyl/N-ethyl adjacent to an activating group) is 1. The van der Waals surface area contributed by atoms with Crippen LogP contribution in [0, 0.1) is 0 Å². The highest BCUT2D eigenvalue weighted by Crippen LogP contribution is 2.42. The zero-order valence-corrected chi connectivity index (χ0v) is 16.5. The Hall–Kier alpha value is -3.86. The van der Waals surface area contributed by atoms with E-state index in [1.807, 2.05) is 79.0 Å². The van der Waals surface area contributed by atoms with Gasteiger partial charge >= 0.3 is 0 Å². The Bertz CT molecular complexity index is 1250. The summed E-state index contributed by atoms with van der Waals surface area (Å²) in [7, 11) is 1.77. The second-order valence-corrected chi connectivity index (χ2v) is 7.61. The summed E-state index contributed by atoms with van der Waals surface area (Å²) in [5.41, 5.74) is 3.95. The summed E-state index contributed by atoms with van der Waals surface area (Å²) < 4.78 is 0. The van der Waals surface area contributed by atoms with Gasteiger partial charge in [0.05, 0.1) is 12.0 Å². The van der Waals surface area contributed by atoms with Crippen molar-refractivity contribution in [1.82, 2.24) is 9.88 Å². The lowest BCUT2D eigenvalue weighted by Gasteiger charge is -2.39. The van der Waals surface area contributed by atoms with Crippen molar-refractivity contribution in [2.75, 3.05) is 12.4 Å². The Morgan fingerprint density at radius 2 is 1.73 bits per heavy atom. The first-order chi connectivity index (χ1) is 14.6. The van der Waals surface area contributed by atoms with Crippen molar-refractivity contribution >= 4 is 28.4 Å². The lowest BCUT2D eigenvalue weighted by molar-refractivity contribution is -0.119. The third-order valence-corrected chi connectivity index (χ3v) is 5.83. The van der Waals surface area contributed by atoms with Crippen molar-refractivity contribution in [3.63, 3.8) is 0 Å². The molecule has 0 aliphatic carbocycles. The van der Waals surface area contributed by atoms with Crippen molar-refractivity contribution in [2.45, 2.75) is 12.0 Å². The van der Waals surface area contributed by atoms with E-state index in [0.717, 1.165) is 27.7 Å². The van der Waals surface area contributed by atoms with E-state index in [1.54, 1.807) is 18.0 Å². The first-order valence-electron chi connectivity index (χ1n) is 9.92. The lowest BCUT2D eigenvalue weighted by Crippen LogP contribution is -2.44. The molecule has 0 spiro atoms. The maximum absolute atomic E-state index is 13.6. The van der Waals surface area contributed by atoms with Gasteiger partial charge in [-0.05, 0) is 40.8 Å². The van der Waals surface area contributed by atoms with E-state index >= 15 is 0 Å². The molecule has 5 heteroatoms. The van der Waals surface area contributed by atoms with Crippen molar-refractivity contribution in [3.05, 3.63) is 102 Å². The molecule has 30 heavy (non-hydrogen) atoms. The first kappa shape index (κ1) is 18.2. The van der Waals surface area contributed by atoms with Crippen LogP contribution in [0.3, 0.4) is 0 Å². The van der Waals surface area contributed by atoms with Crippen molar-refractivity contribution in [2.24, 2.45) is 0 Å². The number of carbonyl (C=O) groups excluding carboxylic acids is 2. The molecule has 3 aromatic carbocycles. The molecular weight excluding hydrogens is 374 g/mol. The van der Waals surface area contributed by atoms with Crippen LogP contribution < -0.4 is 5.32 Å². The van der Waals surface area contributed by atoms with Crippen LogP contribution in [0.15, 0.2) is 85.1 Å². The fraction of sp³-hybridized carbons (Fsp3) is 0.120. The van der Waals surface area contributed by atoms with Crippen LogP contribution in [-0.2, 0) is 4.79 Å². The maximum atomic E-state index is 13.6. The highest BCUT2D eigenvalue weighted by Gasteiger charge is 2.42. The topological polar surface area (TPSA) is 65.2 Å². The second kappa shape index (κ2) is 7.19. The number of benzene rings is 3. The molecular formula is C25H21N3O2. The Balaban J connectivity index is 1.58. The monoisotopic (exact) mass is 395 g/mol. The third kappa shape index (κ3) is 2.95. The van der Waals surface area contributed by atoms with Crippen LogP contribution >= 0.6 is 0 Å². The van der Waals surface area contributed by atoms with E-state index in [9.17, 15) is 9.59 Å². The zero-order valence-electron chi connectivity index (χ0n) is 16.5. The fourth-order valence-electron chi connectivity index (χ4n) is 4.37. The number of hydrogen-bond acceptors (Lipinski definition) is 2. The molecule has 0 unspecified atom stereocenters. The van der Waals surface area contributed by atoms with Gasteiger partial charge in [0.2, 0.25) is 5.91 Å². The number of hydrogen-bond donors (Lipinski definition) is 2. The molecule has 1 aliphatic rings. The van der Waals surface area contributed by atoms with Crippen LogP contribution in [0.4, 0.5) is 5.69 Å². The average molecular weight is 395 g/mol. The quantitative estimate of drug-likeness (QED) is 0.527. The minimum atomic E-state index is -0.523. The Kier molecular flexibility index (Phi) is 4.36. The lowest BCUT2D eigenvalue weighted by atomic mass is 9.79. The van der Waals surface area contributed by atoms with Gasteiger partial charge in [0, 0.05) is 30.0 Å². The molecule has 2 N–H and O–H groups in total. The summed E-state index contributed by atoms with van der Waals surface area (Å²) >= 11 is 0. The fourth-order valence-corrected chi connectivity index (χ4v) is 4.37. The summed E-state index contributed by atoms with van der Waals surface area (Å²) in [5, 5.41) is 4.16. The second-order valence-electron chi connectivity index (χ2n) is 7.61. The largest absolute Gasteiger partial charge is 0.361 e. The number of aromatic nitrogens is 1. The van der Waals surface area contributed by atoms with Crippen LogP contribution in [0.5, 0.6) is 0 Å². The molecule has 0 saturated heterocycles. The molecule has 4 aromatic rings. The number of amides is 2. The number of nitrogens with one attached hydrogen (secondary N) is 2. The number of nitrogens with zero attached hydrogens (tertiary/aromatic N) is 1. The van der Waals surface area contributed by atoms with E-state index in [1.165, 1.54) is 0 Å². The minimum absolute atomic E-state index is 0.0729. The van der Waals surface area contributed by atoms with E-state index in [0.29, 0.717) is 5.56 Å². The van der Waals surface area contributed by atoms with Crippen LogP contribution in [0.1, 0.15) is 33.4 Å². The summed E-state index contributed by atoms with van der Waals surface area (Å²) in [6.45, 7) is 0. The smallest absolute Gasteiger partial charge is 0.254 e. The molecule has 0 bridgehead atoms. The van der Waals surface area contributed by atoms with Crippen LogP contribution in [0.2, 0.25) is 0 Å². The van der Waals surface area contributed by atoms with Gasteiger partial charge in [0.25, 0.3) is 5.91 Å². The summed E-state index contributed by atoms with van der Waals surface area (Å²) in [5.74, 6) is -0.733. The Morgan fingerprint density at radius 3 is 2.57 bits per heavy atom. The van der Waals surface area contributed by atoms with E-state index in [2.05, 4.69) is 10.3 Å². The van der Waals surface area contributed by atoms with Gasteiger partial charge in [-0.25, -0.2) is 0 Å². The Labute approximate surface area is 174 Å². The molecule has 5 rings (SSSR count). The summed E-state index contributed by atoms with van der Waals surface area (Å²) in [6, 6.07) is 24.5. The van der Waals surface area contributed by atoms with Gasteiger partial charge in [0.1, 0.15) is 0 Å². The first-order valence-corrected chi connectivity index (χ1v) is 9.92. The normalized spacial score (nSPS) is 18.3. The molecule has 0 radical (unpaired) electrons. The van der Waals surface area contributed by atoms with Crippen molar-refractivity contribution < 1.29 is 9.59 Å². The number of carbonyl (C=O) groups is 2. The number of fused-ring (bicyclic) bond motifs is 2. The molecule has 1 aromatic heterocycles. The number of anilines is 1. The highest BCUT2D eigenvalue weighted by molar-refractivity contribution is 6.04. The molecule has 0 fully saturated rings. The molecule has 2 amide bonds. The van der Waals surface area contributed by atoms with Crippen molar-refractivity contribution in [3.8, 4) is 0 Å². The maximum Gasteiger partial charge on any atom is 0.254 e. The van der Waals surface area contributed by atoms with E-state index in [-0.39, 0.29) is 17.9 Å². The third-order valence-electron chi connectivity index (χ3n) is 5.83. The highest BCUT2D eigenvalue weighted by atomic mass is 16.2. The summed E-state index contributed by atoms with van der Waals surface area (Å²) in [6.07, 6.45) is 1.87. The van der Waals surface area contributed by atoms with Gasteiger partial charge in [-0.3, -0.25) is 9.59 Å². The minimum Gasteiger partial charge on any atom is -0.361 e. The summed E-state index contributed by atoms with van der Waals surface area (Å²) in [4.78, 5) is 31.5. The number of rotatable bonds is 3. The number of H-pyrrole nitrogens is 1. The molecule has 2 atom stereocenters. The van der Waals surface area contributed by atoms with Gasteiger partial charge in [-0.1, -0.05) is 54.6 Å². The molecule has 148 valence electrons. The predicted molar refractivity (Wildman–Crippen MR) is 117 cm³/mol. The molecule has 5 nitrogen and oxygen atoms in total. The van der Waals surface area contributed by atoms with Crippen LogP contribution in [-0.4, -0.2) is 28.7 Å². The van der Waals surface area contributed by atoms with Gasteiger partial charge in [0.15, 0.2) is 0 Å². The van der Waals surface area contributed by atoms with Crippen molar-refractivity contribution in [1.29, 1.82) is 0 Å². The standard InChI is InChI=1S/C25H21N3O2/c1-28-23(17-7-3-2-4-8-17)22(19-9-5-6-10-20(19)25(28)30)24(29)27-18-12-11-16-13-14-26-21(16)15-18/h2-15,22-23,26H,1H3,(H,27,29)/t22-,23+/m0/s1. The van der Waals surface area contributed by atoms with Crippen LogP contribution in [0.25, 0.3) is 10.9 Å².